The molecule has 0 fully saturated rings. The molecule has 0 radical (unpaired) electrons. The van der Waals surface area contributed by atoms with Crippen LogP contribution in [0, 0.1) is 35.8 Å². The van der Waals surface area contributed by atoms with Gasteiger partial charge in [-0.25, -0.2) is 0 Å². The number of benzene rings is 2. The topological polar surface area (TPSA) is 16.4 Å². The molecule has 6 unspecified atom stereocenters. The van der Waals surface area contributed by atoms with Gasteiger partial charge in [0.05, 0.1) is 0 Å². The van der Waals surface area contributed by atoms with Crippen molar-refractivity contribution in [2.45, 2.75) is 56.6 Å². The Balaban J connectivity index is 0.947. The number of fused-ring (bicyclic) bond motifs is 5. The lowest BCUT2D eigenvalue weighted by molar-refractivity contribution is 0.449. The van der Waals surface area contributed by atoms with E-state index in [4.69, 9.17) is 4.42 Å². The minimum Gasteiger partial charge on any atom is -0.447 e. The third-order valence-corrected chi connectivity index (χ3v) is 13.7. The van der Waals surface area contributed by atoms with Gasteiger partial charge in [0.1, 0.15) is 5.42 Å². The fourth-order valence-electron chi connectivity index (χ4n) is 9.29. The molecule has 0 spiro atoms. The molecular weight excluding hydrogens is 651 g/mol. The summed E-state index contributed by atoms with van der Waals surface area (Å²) in [5.74, 6) is 2.63. The van der Waals surface area contributed by atoms with Crippen molar-refractivity contribution < 1.29 is 4.42 Å². The van der Waals surface area contributed by atoms with Crippen LogP contribution in [0.25, 0.3) is 28.7 Å². The Bertz CT molecular complexity index is 2380. The Morgan fingerprint density at radius 2 is 1.62 bits per heavy atom. The Kier molecular flexibility index (Phi) is 8.10. The van der Waals surface area contributed by atoms with Gasteiger partial charge < -0.3 is 9.32 Å². The van der Waals surface area contributed by atoms with Crippen LogP contribution in [0.2, 0.25) is 0 Å². The monoisotopic (exact) mass is 693 g/mol. The van der Waals surface area contributed by atoms with Gasteiger partial charge in [0.2, 0.25) is 0 Å². The molecule has 0 bridgehead atoms. The molecule has 2 heterocycles. The summed E-state index contributed by atoms with van der Waals surface area (Å²) in [6.45, 7) is 2.39. The van der Waals surface area contributed by atoms with Gasteiger partial charge in [-0.1, -0.05) is 98.0 Å². The van der Waals surface area contributed by atoms with Gasteiger partial charge in [0.25, 0.3) is 0 Å². The summed E-state index contributed by atoms with van der Waals surface area (Å²) in [5.41, 5.74) is 11.2. The van der Waals surface area contributed by atoms with E-state index >= 15 is 0 Å². The predicted molar refractivity (Wildman–Crippen MR) is 218 cm³/mol. The van der Waals surface area contributed by atoms with Crippen molar-refractivity contribution in [3.8, 4) is 0 Å². The second-order valence-electron chi connectivity index (χ2n) is 15.3. The summed E-state index contributed by atoms with van der Waals surface area (Å²) in [4.78, 5) is 4.05. The zero-order valence-electron chi connectivity index (χ0n) is 29.7. The molecular formula is C49H43NOS. The van der Waals surface area contributed by atoms with Crippen molar-refractivity contribution in [1.29, 1.82) is 0 Å². The number of anilines is 2. The van der Waals surface area contributed by atoms with Gasteiger partial charge in [-0.3, -0.25) is 0 Å². The predicted octanol–water partition coefficient (Wildman–Crippen LogP) is 11.3. The van der Waals surface area contributed by atoms with Crippen LogP contribution in [0.4, 0.5) is 11.4 Å². The van der Waals surface area contributed by atoms with E-state index in [1.807, 2.05) is 6.07 Å². The van der Waals surface area contributed by atoms with E-state index in [0.29, 0.717) is 34.8 Å². The van der Waals surface area contributed by atoms with Crippen LogP contribution in [-0.2, 0) is 0 Å². The first-order chi connectivity index (χ1) is 25.7. The van der Waals surface area contributed by atoms with Gasteiger partial charge >= 0.3 is 0 Å². The highest BCUT2D eigenvalue weighted by molar-refractivity contribution is 8.04. The van der Waals surface area contributed by atoms with Crippen molar-refractivity contribution in [1.82, 2.24) is 0 Å². The van der Waals surface area contributed by atoms with Crippen molar-refractivity contribution >= 4 is 51.8 Å². The van der Waals surface area contributed by atoms with Crippen LogP contribution in [0.1, 0.15) is 62.5 Å². The lowest BCUT2D eigenvalue weighted by Gasteiger charge is -2.31. The molecule has 52 heavy (non-hydrogen) atoms. The summed E-state index contributed by atoms with van der Waals surface area (Å²) < 4.78 is 6.09. The summed E-state index contributed by atoms with van der Waals surface area (Å²) in [5, 5.41) is 2.91. The molecule has 3 heteroatoms. The largest absolute Gasteiger partial charge is 0.447 e. The highest BCUT2D eigenvalue weighted by atomic mass is 32.2. The highest BCUT2D eigenvalue weighted by Crippen LogP contribution is 2.51. The molecule has 1 aliphatic heterocycles. The summed E-state index contributed by atoms with van der Waals surface area (Å²) in [7, 11) is 0. The first-order valence-corrected chi connectivity index (χ1v) is 20.1. The van der Waals surface area contributed by atoms with E-state index in [9.17, 15) is 0 Å². The Morgan fingerprint density at radius 1 is 0.808 bits per heavy atom. The maximum atomic E-state index is 6.09. The van der Waals surface area contributed by atoms with Crippen LogP contribution in [0.15, 0.2) is 142 Å². The number of hydrogen-bond acceptors (Lipinski definition) is 3. The summed E-state index contributed by atoms with van der Waals surface area (Å²) in [6.07, 6.45) is 34.9. The molecule has 0 amide bonds. The molecule has 3 aromatic carbocycles. The first-order valence-electron chi connectivity index (χ1n) is 19.2. The molecule has 0 saturated carbocycles. The van der Waals surface area contributed by atoms with E-state index in [-0.39, 0.29) is 0 Å². The zero-order valence-corrected chi connectivity index (χ0v) is 30.5. The second-order valence-corrected chi connectivity index (χ2v) is 16.6. The van der Waals surface area contributed by atoms with Gasteiger partial charge in [-0.05, 0) is 144 Å². The van der Waals surface area contributed by atoms with E-state index in [1.54, 1.807) is 10.5 Å². The normalized spacial score (nSPS) is 27.2. The summed E-state index contributed by atoms with van der Waals surface area (Å²) in [6, 6.07) is 29.0. The average Bonchev–Trinajstić information content (AvgIpc) is 3.77. The molecule has 0 saturated heterocycles. The first kappa shape index (κ1) is 31.8. The lowest BCUT2D eigenvalue weighted by atomic mass is 9.80. The minimum atomic E-state index is 0.429. The van der Waals surface area contributed by atoms with Crippen LogP contribution in [0.5, 0.6) is 0 Å². The molecule has 2 nitrogen and oxygen atoms in total. The van der Waals surface area contributed by atoms with Gasteiger partial charge in [-0.2, -0.15) is 0 Å². The quantitative estimate of drug-likeness (QED) is 0.187. The Labute approximate surface area is 311 Å². The van der Waals surface area contributed by atoms with Gasteiger partial charge in [-0.15, -0.1) is 11.8 Å². The molecule has 256 valence electrons. The maximum Gasteiger partial charge on any atom is 0.185 e. The van der Waals surface area contributed by atoms with E-state index in [1.165, 1.54) is 39.0 Å². The van der Waals surface area contributed by atoms with Gasteiger partial charge in [0, 0.05) is 38.8 Å². The third-order valence-electron chi connectivity index (χ3n) is 12.2. The number of thioether (sulfide) groups is 1. The highest BCUT2D eigenvalue weighted by Gasteiger charge is 2.34. The SMILES string of the molecule is CC1CC=CCC1c1ccc(N(C2=CCC(C3C=c4c(oc5c#cccc45)=CC3)C=C2)c2ccc(C3=CC4=C(CC3)SC3C=CC=CC43)cc2)cc1. The number of allylic oxidation sites excluding steroid dienone is 12. The standard InChI is InChI=1S/C49H43NOS/c1-32-8-2-3-9-41(32)35-18-26-40(27-19-35)50(38-22-14-33(15-23-38)36-20-28-47-44(30-36)42-10-4-6-12-46(42)51-47)39-24-16-34(17-25-39)37-21-29-49-45(31-37)43-11-5-7-13-48(43)52-49/h2-5,7,10-11,13-14,16-19,22-28,30-33,36,41,43,48H,8-9,15,20-21,29H2,1H3. The number of nitrogens with zero attached hydrogens (tertiary/aromatic N) is 1. The summed E-state index contributed by atoms with van der Waals surface area (Å²) >= 11 is 2.08. The smallest absolute Gasteiger partial charge is 0.185 e. The van der Waals surface area contributed by atoms with Crippen molar-refractivity contribution in [2.24, 2.45) is 23.7 Å². The second kappa shape index (κ2) is 13.3. The van der Waals surface area contributed by atoms with Crippen molar-refractivity contribution in [3.63, 3.8) is 0 Å². The number of rotatable bonds is 6. The van der Waals surface area contributed by atoms with Gasteiger partial charge in [0.15, 0.2) is 5.58 Å². The molecule has 0 N–H and O–H groups in total. The molecule has 1 aromatic heterocycles. The van der Waals surface area contributed by atoms with Crippen LogP contribution < -0.4 is 15.5 Å². The van der Waals surface area contributed by atoms with Crippen LogP contribution in [-0.4, -0.2) is 5.25 Å². The van der Waals surface area contributed by atoms with E-state index in [0.717, 1.165) is 54.9 Å². The van der Waals surface area contributed by atoms with Crippen LogP contribution >= 0.6 is 11.8 Å². The number of hydrogen-bond donors (Lipinski definition) is 0. The Hall–Kier alpha value is -4.91. The molecule has 6 atom stereocenters. The van der Waals surface area contributed by atoms with Crippen LogP contribution in [0.3, 0.4) is 0 Å². The molecule has 4 aromatic rings. The van der Waals surface area contributed by atoms with E-state index in [2.05, 4.69) is 163 Å². The molecule has 6 aliphatic rings. The van der Waals surface area contributed by atoms with Crippen molar-refractivity contribution in [2.75, 3.05) is 4.90 Å². The lowest BCUT2D eigenvalue weighted by Crippen LogP contribution is -2.28. The molecule has 10 rings (SSSR count). The minimum absolute atomic E-state index is 0.429. The fraction of sp³-hybridized carbons (Fsp3) is 0.265. The zero-order chi connectivity index (χ0) is 34.6. The number of furan rings is 1. The van der Waals surface area contributed by atoms with Crippen molar-refractivity contribution in [3.05, 3.63) is 171 Å². The maximum absolute atomic E-state index is 6.09. The van der Waals surface area contributed by atoms with E-state index < -0.39 is 0 Å². The fourth-order valence-corrected chi connectivity index (χ4v) is 10.7. The molecule has 5 aliphatic carbocycles. The average molecular weight is 694 g/mol. The Morgan fingerprint density at radius 3 is 2.44 bits per heavy atom. The third kappa shape index (κ3) is 5.69.